The summed E-state index contributed by atoms with van der Waals surface area (Å²) in [5.74, 6) is -0.148. The number of pyridine rings is 1. The topological polar surface area (TPSA) is 77.2 Å². The Morgan fingerprint density at radius 1 is 1.58 bits per heavy atom. The first-order valence-corrected chi connectivity index (χ1v) is 6.36. The molecule has 1 fully saturated rings. The maximum Gasteiger partial charge on any atom is 0.257 e. The Morgan fingerprint density at radius 3 is 3.26 bits per heavy atom. The summed E-state index contributed by atoms with van der Waals surface area (Å²) in [5, 5.41) is 7.45. The Hall–Kier alpha value is -1.95. The predicted octanol–water partition coefficient (Wildman–Crippen LogP) is 1.44. The Labute approximate surface area is 110 Å². The van der Waals surface area contributed by atoms with Crippen LogP contribution in [0.3, 0.4) is 0 Å². The van der Waals surface area contributed by atoms with Crippen molar-refractivity contribution in [1.82, 2.24) is 15.5 Å². The Kier molecular flexibility index (Phi) is 3.16. The van der Waals surface area contributed by atoms with Crippen molar-refractivity contribution in [2.45, 2.75) is 25.9 Å². The van der Waals surface area contributed by atoms with Crippen molar-refractivity contribution < 1.29 is 14.1 Å². The summed E-state index contributed by atoms with van der Waals surface area (Å²) < 4.78 is 10.5. The molecule has 0 saturated carbocycles. The molecule has 3 rings (SSSR count). The molecule has 6 nitrogen and oxygen atoms in total. The molecule has 0 unspecified atom stereocenters. The van der Waals surface area contributed by atoms with Crippen LogP contribution in [0, 0.1) is 6.92 Å². The quantitative estimate of drug-likeness (QED) is 0.904. The first-order chi connectivity index (χ1) is 9.24. The molecule has 1 saturated heterocycles. The third kappa shape index (κ3) is 2.44. The Bertz CT molecular complexity index is 602. The number of aromatic nitrogens is 2. The smallest absolute Gasteiger partial charge is 0.257 e. The van der Waals surface area contributed by atoms with E-state index in [-0.39, 0.29) is 12.0 Å². The summed E-state index contributed by atoms with van der Waals surface area (Å²) in [6.07, 6.45) is 3.70. The summed E-state index contributed by atoms with van der Waals surface area (Å²) in [7, 11) is 0. The van der Waals surface area contributed by atoms with Crippen LogP contribution in [0.2, 0.25) is 0 Å². The summed E-state index contributed by atoms with van der Waals surface area (Å²) in [5.41, 5.74) is 1.70. The van der Waals surface area contributed by atoms with E-state index < -0.39 is 0 Å². The van der Waals surface area contributed by atoms with Gasteiger partial charge in [-0.3, -0.25) is 4.79 Å². The van der Waals surface area contributed by atoms with Crippen LogP contribution < -0.4 is 5.32 Å². The number of aryl methyl sites for hydroxylation is 1. The van der Waals surface area contributed by atoms with Gasteiger partial charge in [0.15, 0.2) is 0 Å². The minimum atomic E-state index is -0.148. The SMILES string of the molecule is Cc1noc2ncc(C(=O)NC[C@@H]3CCCO3)cc12. The van der Waals surface area contributed by atoms with Crippen molar-refractivity contribution in [3.8, 4) is 0 Å². The van der Waals surface area contributed by atoms with Gasteiger partial charge in [0.2, 0.25) is 0 Å². The Morgan fingerprint density at radius 2 is 2.47 bits per heavy atom. The molecule has 0 radical (unpaired) electrons. The zero-order chi connectivity index (χ0) is 13.2. The number of nitrogens with one attached hydrogen (secondary N) is 1. The fraction of sp³-hybridized carbons (Fsp3) is 0.462. The van der Waals surface area contributed by atoms with Crippen LogP contribution in [0.4, 0.5) is 0 Å². The summed E-state index contributed by atoms with van der Waals surface area (Å²) in [6.45, 7) is 3.15. The number of nitrogens with zero attached hydrogens (tertiary/aromatic N) is 2. The molecule has 1 amide bonds. The summed E-state index contributed by atoms with van der Waals surface area (Å²) in [6, 6.07) is 1.75. The lowest BCUT2D eigenvalue weighted by molar-refractivity contribution is 0.0857. The van der Waals surface area contributed by atoms with Crippen molar-refractivity contribution in [2.75, 3.05) is 13.2 Å². The highest BCUT2D eigenvalue weighted by Crippen LogP contribution is 2.17. The van der Waals surface area contributed by atoms with Gasteiger partial charge in [-0.05, 0) is 25.8 Å². The standard InChI is InChI=1S/C13H15N3O3/c1-8-11-5-9(6-15-13(11)19-16-8)12(17)14-7-10-3-2-4-18-10/h5-6,10H,2-4,7H2,1H3,(H,14,17)/t10-/m0/s1. The predicted molar refractivity (Wildman–Crippen MR) is 67.8 cm³/mol. The van der Waals surface area contributed by atoms with E-state index in [2.05, 4.69) is 15.5 Å². The van der Waals surface area contributed by atoms with Crippen molar-refractivity contribution in [3.05, 3.63) is 23.5 Å². The molecule has 1 atom stereocenters. The monoisotopic (exact) mass is 261 g/mol. The first-order valence-electron chi connectivity index (χ1n) is 6.36. The van der Waals surface area contributed by atoms with Crippen LogP contribution in [0.5, 0.6) is 0 Å². The van der Waals surface area contributed by atoms with Crippen molar-refractivity contribution in [3.63, 3.8) is 0 Å². The lowest BCUT2D eigenvalue weighted by Crippen LogP contribution is -2.31. The molecule has 100 valence electrons. The second-order valence-corrected chi connectivity index (χ2v) is 4.69. The van der Waals surface area contributed by atoms with Crippen LogP contribution in [-0.2, 0) is 4.74 Å². The minimum absolute atomic E-state index is 0.137. The highest BCUT2D eigenvalue weighted by Gasteiger charge is 2.17. The third-order valence-corrected chi connectivity index (χ3v) is 3.29. The molecule has 1 aliphatic rings. The molecule has 6 heteroatoms. The highest BCUT2D eigenvalue weighted by atomic mass is 16.5. The number of carbonyl (C=O) groups is 1. The van der Waals surface area contributed by atoms with Gasteiger partial charge in [0.1, 0.15) is 0 Å². The summed E-state index contributed by atoms with van der Waals surface area (Å²) in [4.78, 5) is 16.1. The van der Waals surface area contributed by atoms with Crippen molar-refractivity contribution >= 4 is 17.0 Å². The van der Waals surface area contributed by atoms with E-state index in [1.807, 2.05) is 6.92 Å². The number of rotatable bonds is 3. The number of fused-ring (bicyclic) bond motifs is 1. The molecule has 0 aromatic carbocycles. The maximum atomic E-state index is 12.0. The van der Waals surface area contributed by atoms with Crippen LogP contribution in [0.15, 0.2) is 16.8 Å². The van der Waals surface area contributed by atoms with Gasteiger partial charge >= 0.3 is 0 Å². The normalized spacial score (nSPS) is 18.9. The van der Waals surface area contributed by atoms with Gasteiger partial charge in [0.25, 0.3) is 11.6 Å². The van der Waals surface area contributed by atoms with Crippen LogP contribution >= 0.6 is 0 Å². The average Bonchev–Trinajstić information content (AvgIpc) is 3.06. The van der Waals surface area contributed by atoms with Gasteiger partial charge in [-0.25, -0.2) is 4.98 Å². The number of carbonyl (C=O) groups excluding carboxylic acids is 1. The molecular weight excluding hydrogens is 246 g/mol. The number of hydrogen-bond acceptors (Lipinski definition) is 5. The van der Waals surface area contributed by atoms with E-state index in [1.165, 1.54) is 6.20 Å². The molecule has 1 N–H and O–H groups in total. The molecule has 2 aromatic heterocycles. The fourth-order valence-electron chi connectivity index (χ4n) is 2.18. The van der Waals surface area contributed by atoms with Crippen LogP contribution in [0.25, 0.3) is 11.1 Å². The van der Waals surface area contributed by atoms with E-state index >= 15 is 0 Å². The molecular formula is C13H15N3O3. The maximum absolute atomic E-state index is 12.0. The number of hydrogen-bond donors (Lipinski definition) is 1. The zero-order valence-corrected chi connectivity index (χ0v) is 10.7. The fourth-order valence-corrected chi connectivity index (χ4v) is 2.18. The van der Waals surface area contributed by atoms with Gasteiger partial charge in [-0.2, -0.15) is 0 Å². The van der Waals surface area contributed by atoms with E-state index in [0.29, 0.717) is 17.8 Å². The van der Waals surface area contributed by atoms with Crippen LogP contribution in [0.1, 0.15) is 28.9 Å². The lowest BCUT2D eigenvalue weighted by atomic mass is 10.2. The molecule has 2 aromatic rings. The zero-order valence-electron chi connectivity index (χ0n) is 10.7. The van der Waals surface area contributed by atoms with Gasteiger partial charge in [-0.1, -0.05) is 5.16 Å². The van der Waals surface area contributed by atoms with E-state index in [0.717, 1.165) is 30.5 Å². The molecule has 3 heterocycles. The molecule has 1 aliphatic heterocycles. The van der Waals surface area contributed by atoms with E-state index in [4.69, 9.17) is 9.26 Å². The summed E-state index contributed by atoms with van der Waals surface area (Å²) >= 11 is 0. The third-order valence-electron chi connectivity index (χ3n) is 3.29. The molecule has 19 heavy (non-hydrogen) atoms. The van der Waals surface area contributed by atoms with Crippen molar-refractivity contribution in [1.29, 1.82) is 0 Å². The van der Waals surface area contributed by atoms with Gasteiger partial charge in [0.05, 0.1) is 22.7 Å². The van der Waals surface area contributed by atoms with Crippen molar-refractivity contribution in [2.24, 2.45) is 0 Å². The second kappa shape index (κ2) is 4.97. The highest BCUT2D eigenvalue weighted by molar-refractivity contribution is 5.96. The second-order valence-electron chi connectivity index (χ2n) is 4.69. The average molecular weight is 261 g/mol. The van der Waals surface area contributed by atoms with E-state index in [1.54, 1.807) is 6.07 Å². The van der Waals surface area contributed by atoms with Gasteiger partial charge in [0, 0.05) is 19.3 Å². The lowest BCUT2D eigenvalue weighted by Gasteiger charge is -2.10. The molecule has 0 aliphatic carbocycles. The molecule has 0 bridgehead atoms. The largest absolute Gasteiger partial charge is 0.376 e. The first kappa shape index (κ1) is 12.1. The Balaban J connectivity index is 1.71. The van der Waals surface area contributed by atoms with E-state index in [9.17, 15) is 4.79 Å². The van der Waals surface area contributed by atoms with Gasteiger partial charge in [-0.15, -0.1) is 0 Å². The number of ether oxygens (including phenoxy) is 1. The number of amides is 1. The van der Waals surface area contributed by atoms with Gasteiger partial charge < -0.3 is 14.6 Å². The van der Waals surface area contributed by atoms with Crippen LogP contribution in [-0.4, -0.2) is 35.3 Å². The minimum Gasteiger partial charge on any atom is -0.376 e. The molecule has 0 spiro atoms.